The second-order valence-electron chi connectivity index (χ2n) is 6.33. The smallest absolute Gasteiger partial charge is 0.261 e. The summed E-state index contributed by atoms with van der Waals surface area (Å²) in [6, 6.07) is 11.9. The van der Waals surface area contributed by atoms with Gasteiger partial charge >= 0.3 is 0 Å². The van der Waals surface area contributed by atoms with Crippen LogP contribution in [0.15, 0.2) is 36.4 Å². The van der Waals surface area contributed by atoms with Gasteiger partial charge in [0.15, 0.2) is 0 Å². The molecule has 0 saturated carbocycles. The molecule has 0 atom stereocenters. The van der Waals surface area contributed by atoms with Crippen molar-refractivity contribution in [2.75, 3.05) is 18.4 Å². The Morgan fingerprint density at radius 3 is 2.40 bits per heavy atom. The SMILES string of the molecule is CC(=O)Nc1ccc(C(=O)NCc2ccc(CN3CCCC3)cc2)s1. The number of amides is 2. The molecule has 1 aliphatic rings. The number of benzene rings is 1. The summed E-state index contributed by atoms with van der Waals surface area (Å²) in [4.78, 5) is 26.3. The zero-order chi connectivity index (χ0) is 17.6. The predicted octanol–water partition coefficient (Wildman–Crippen LogP) is 3.23. The molecule has 0 radical (unpaired) electrons. The molecule has 0 unspecified atom stereocenters. The molecule has 0 bridgehead atoms. The summed E-state index contributed by atoms with van der Waals surface area (Å²) in [7, 11) is 0. The number of hydrogen-bond acceptors (Lipinski definition) is 4. The number of rotatable bonds is 6. The molecule has 2 amide bonds. The molecule has 6 heteroatoms. The molecule has 0 aliphatic carbocycles. The minimum Gasteiger partial charge on any atom is -0.347 e. The molecule has 132 valence electrons. The first-order valence-corrected chi connectivity index (χ1v) is 9.37. The number of anilines is 1. The Hall–Kier alpha value is -2.18. The van der Waals surface area contributed by atoms with Gasteiger partial charge in [-0.3, -0.25) is 14.5 Å². The van der Waals surface area contributed by atoms with E-state index in [4.69, 9.17) is 0 Å². The number of carbonyl (C=O) groups is 2. The Morgan fingerprint density at radius 2 is 1.72 bits per heavy atom. The van der Waals surface area contributed by atoms with Crippen LogP contribution in [0.3, 0.4) is 0 Å². The molecule has 1 aliphatic heterocycles. The molecule has 2 N–H and O–H groups in total. The van der Waals surface area contributed by atoms with Crippen molar-refractivity contribution >= 4 is 28.2 Å². The fourth-order valence-electron chi connectivity index (χ4n) is 2.93. The summed E-state index contributed by atoms with van der Waals surface area (Å²) in [5.74, 6) is -0.259. The minimum atomic E-state index is -0.136. The molecule has 1 saturated heterocycles. The van der Waals surface area contributed by atoms with Gasteiger partial charge in [0.1, 0.15) is 0 Å². The standard InChI is InChI=1S/C19H23N3O2S/c1-14(23)21-18-9-8-17(25-18)19(24)20-12-15-4-6-16(7-5-15)13-22-10-2-3-11-22/h4-9H,2-3,10-13H2,1H3,(H,20,24)(H,21,23). The van der Waals surface area contributed by atoms with Gasteiger partial charge in [-0.15, -0.1) is 11.3 Å². The second kappa shape index (κ2) is 8.27. The molecule has 1 fully saturated rings. The molecular weight excluding hydrogens is 334 g/mol. The lowest BCUT2D eigenvalue weighted by molar-refractivity contribution is -0.114. The van der Waals surface area contributed by atoms with Gasteiger partial charge in [0.2, 0.25) is 5.91 Å². The van der Waals surface area contributed by atoms with Gasteiger partial charge < -0.3 is 10.6 Å². The molecule has 25 heavy (non-hydrogen) atoms. The number of nitrogens with one attached hydrogen (secondary N) is 2. The van der Waals surface area contributed by atoms with E-state index in [1.807, 2.05) is 0 Å². The summed E-state index contributed by atoms with van der Waals surface area (Å²) in [5.41, 5.74) is 2.40. The van der Waals surface area contributed by atoms with Crippen LogP contribution in [0.1, 0.15) is 40.6 Å². The van der Waals surface area contributed by atoms with Crippen LogP contribution in [-0.2, 0) is 17.9 Å². The zero-order valence-electron chi connectivity index (χ0n) is 14.4. The Bertz CT molecular complexity index is 733. The highest BCUT2D eigenvalue weighted by Gasteiger charge is 2.12. The largest absolute Gasteiger partial charge is 0.347 e. The normalized spacial score (nSPS) is 14.4. The van der Waals surface area contributed by atoms with Crippen LogP contribution < -0.4 is 10.6 Å². The van der Waals surface area contributed by atoms with E-state index in [0.29, 0.717) is 16.4 Å². The maximum absolute atomic E-state index is 12.2. The van der Waals surface area contributed by atoms with Crippen molar-refractivity contribution in [3.8, 4) is 0 Å². The first kappa shape index (κ1) is 17.6. The predicted molar refractivity (Wildman–Crippen MR) is 101 cm³/mol. The highest BCUT2D eigenvalue weighted by atomic mass is 32.1. The quantitative estimate of drug-likeness (QED) is 0.834. The highest BCUT2D eigenvalue weighted by molar-refractivity contribution is 7.18. The van der Waals surface area contributed by atoms with Crippen LogP contribution in [0, 0.1) is 0 Å². The average molecular weight is 357 g/mol. The molecule has 0 spiro atoms. The van der Waals surface area contributed by atoms with Crippen molar-refractivity contribution in [2.24, 2.45) is 0 Å². The Kier molecular flexibility index (Phi) is 5.83. The Morgan fingerprint density at radius 1 is 1.04 bits per heavy atom. The van der Waals surface area contributed by atoms with Gasteiger partial charge in [0, 0.05) is 20.0 Å². The minimum absolute atomic E-state index is 0.122. The fourth-order valence-corrected chi connectivity index (χ4v) is 3.80. The molecule has 2 heterocycles. The number of hydrogen-bond donors (Lipinski definition) is 2. The van der Waals surface area contributed by atoms with Gasteiger partial charge in [-0.1, -0.05) is 24.3 Å². The number of likely N-dealkylation sites (tertiary alicyclic amines) is 1. The lowest BCUT2D eigenvalue weighted by Crippen LogP contribution is -2.22. The van der Waals surface area contributed by atoms with Crippen LogP contribution >= 0.6 is 11.3 Å². The third-order valence-corrected chi connectivity index (χ3v) is 5.21. The second-order valence-corrected chi connectivity index (χ2v) is 7.41. The van der Waals surface area contributed by atoms with E-state index in [1.54, 1.807) is 12.1 Å². The topological polar surface area (TPSA) is 61.4 Å². The van der Waals surface area contributed by atoms with Crippen molar-refractivity contribution < 1.29 is 9.59 Å². The van der Waals surface area contributed by atoms with Crippen molar-refractivity contribution in [1.82, 2.24) is 10.2 Å². The van der Waals surface area contributed by atoms with E-state index in [-0.39, 0.29) is 11.8 Å². The van der Waals surface area contributed by atoms with Gasteiger partial charge in [-0.25, -0.2) is 0 Å². The monoisotopic (exact) mass is 357 g/mol. The van der Waals surface area contributed by atoms with E-state index in [9.17, 15) is 9.59 Å². The molecule has 1 aromatic carbocycles. The lowest BCUT2D eigenvalue weighted by Gasteiger charge is -2.14. The summed E-state index contributed by atoms with van der Waals surface area (Å²) in [6.45, 7) is 5.34. The lowest BCUT2D eigenvalue weighted by atomic mass is 10.1. The maximum Gasteiger partial charge on any atom is 0.261 e. The number of nitrogens with zero attached hydrogens (tertiary/aromatic N) is 1. The van der Waals surface area contributed by atoms with Gasteiger partial charge in [0.05, 0.1) is 9.88 Å². The Labute approximate surface area is 152 Å². The third-order valence-electron chi connectivity index (χ3n) is 4.21. The first-order valence-electron chi connectivity index (χ1n) is 8.56. The van der Waals surface area contributed by atoms with E-state index >= 15 is 0 Å². The molecule has 3 rings (SSSR count). The molecule has 1 aromatic heterocycles. The van der Waals surface area contributed by atoms with E-state index in [2.05, 4.69) is 39.8 Å². The summed E-state index contributed by atoms with van der Waals surface area (Å²) >= 11 is 1.28. The van der Waals surface area contributed by atoms with Gasteiger partial charge in [-0.05, 0) is 49.2 Å². The summed E-state index contributed by atoms with van der Waals surface area (Å²) in [6.07, 6.45) is 2.60. The average Bonchev–Trinajstić information content (AvgIpc) is 3.25. The Balaban J connectivity index is 1.49. The van der Waals surface area contributed by atoms with Crippen molar-refractivity contribution in [2.45, 2.75) is 32.9 Å². The van der Waals surface area contributed by atoms with Crippen molar-refractivity contribution in [3.05, 3.63) is 52.4 Å². The molecule has 2 aromatic rings. The van der Waals surface area contributed by atoms with Crippen molar-refractivity contribution in [1.29, 1.82) is 0 Å². The van der Waals surface area contributed by atoms with E-state index in [0.717, 1.165) is 12.1 Å². The van der Waals surface area contributed by atoms with E-state index < -0.39 is 0 Å². The highest BCUT2D eigenvalue weighted by Crippen LogP contribution is 2.21. The van der Waals surface area contributed by atoms with Crippen molar-refractivity contribution in [3.63, 3.8) is 0 Å². The van der Waals surface area contributed by atoms with Gasteiger partial charge in [-0.2, -0.15) is 0 Å². The van der Waals surface area contributed by atoms with Crippen LogP contribution in [0.25, 0.3) is 0 Å². The van der Waals surface area contributed by atoms with Crippen LogP contribution in [-0.4, -0.2) is 29.8 Å². The fraction of sp³-hybridized carbons (Fsp3) is 0.368. The van der Waals surface area contributed by atoms with E-state index in [1.165, 1.54) is 49.8 Å². The first-order chi connectivity index (χ1) is 12.1. The maximum atomic E-state index is 12.2. The van der Waals surface area contributed by atoms with Crippen LogP contribution in [0.2, 0.25) is 0 Å². The number of carbonyl (C=O) groups excluding carboxylic acids is 2. The zero-order valence-corrected chi connectivity index (χ0v) is 15.2. The third kappa shape index (κ3) is 5.14. The molecule has 5 nitrogen and oxygen atoms in total. The summed E-state index contributed by atoms with van der Waals surface area (Å²) in [5, 5.41) is 6.29. The molecular formula is C19H23N3O2S. The number of thiophene rings is 1. The van der Waals surface area contributed by atoms with Gasteiger partial charge in [0.25, 0.3) is 5.91 Å². The summed E-state index contributed by atoms with van der Waals surface area (Å²) < 4.78 is 0. The van der Waals surface area contributed by atoms with Crippen LogP contribution in [0.4, 0.5) is 5.00 Å². The van der Waals surface area contributed by atoms with Crippen LogP contribution in [0.5, 0.6) is 0 Å².